The summed E-state index contributed by atoms with van der Waals surface area (Å²) in [5.41, 5.74) is 3.40. The van der Waals surface area contributed by atoms with Crippen molar-refractivity contribution in [2.24, 2.45) is 0 Å². The average Bonchev–Trinajstić information content (AvgIpc) is 2.92. The second-order valence-corrected chi connectivity index (χ2v) is 6.69. The van der Waals surface area contributed by atoms with Crippen molar-refractivity contribution in [3.63, 3.8) is 0 Å². The quantitative estimate of drug-likeness (QED) is 0.811. The molecule has 5 nitrogen and oxygen atoms in total. The number of rotatable bonds is 2. The van der Waals surface area contributed by atoms with Gasteiger partial charge in [-0.3, -0.25) is 4.90 Å². The summed E-state index contributed by atoms with van der Waals surface area (Å²) in [7, 11) is 3.23. The third kappa shape index (κ3) is 1.97. The molecule has 0 aromatic heterocycles. The van der Waals surface area contributed by atoms with E-state index in [1.54, 1.807) is 14.2 Å². The highest BCUT2D eigenvalue weighted by Gasteiger charge is 2.53. The molecule has 3 aliphatic rings. The topological polar surface area (TPSA) is 62.2 Å². The zero-order valence-corrected chi connectivity index (χ0v) is 13.6. The molecule has 1 saturated heterocycles. The van der Waals surface area contributed by atoms with Gasteiger partial charge in [0.25, 0.3) is 0 Å². The van der Waals surface area contributed by atoms with Gasteiger partial charge in [-0.15, -0.1) is 0 Å². The highest BCUT2D eigenvalue weighted by atomic mass is 16.5. The van der Waals surface area contributed by atoms with Crippen molar-refractivity contribution in [1.82, 2.24) is 4.90 Å². The molecule has 5 heteroatoms. The van der Waals surface area contributed by atoms with Crippen molar-refractivity contribution >= 4 is 0 Å². The smallest absolute Gasteiger partial charge is 0.160 e. The van der Waals surface area contributed by atoms with Crippen LogP contribution in [0, 0.1) is 0 Å². The zero-order chi connectivity index (χ0) is 16.2. The Balaban J connectivity index is 1.92. The maximum atomic E-state index is 10.3. The molecule has 4 rings (SSSR count). The lowest BCUT2D eigenvalue weighted by molar-refractivity contribution is -0.0345. The van der Waals surface area contributed by atoms with Crippen LogP contribution in [0.5, 0.6) is 11.5 Å². The fourth-order valence-corrected chi connectivity index (χ4v) is 4.66. The van der Waals surface area contributed by atoms with Gasteiger partial charge in [-0.05, 0) is 41.7 Å². The normalized spacial score (nSPS) is 32.7. The number of fused-ring (bicyclic) bond motifs is 1. The molecule has 1 fully saturated rings. The lowest BCUT2D eigenvalue weighted by Gasteiger charge is -2.49. The molecule has 0 saturated carbocycles. The molecule has 1 aliphatic carbocycles. The van der Waals surface area contributed by atoms with Crippen LogP contribution >= 0.6 is 0 Å². The second kappa shape index (κ2) is 5.23. The fourth-order valence-electron chi connectivity index (χ4n) is 4.66. The maximum absolute atomic E-state index is 10.3. The molecular formula is C18H23NO4. The van der Waals surface area contributed by atoms with Gasteiger partial charge in [-0.25, -0.2) is 0 Å². The summed E-state index contributed by atoms with van der Waals surface area (Å²) in [4.78, 5) is 2.50. The van der Waals surface area contributed by atoms with Crippen molar-refractivity contribution in [3.05, 3.63) is 34.9 Å². The van der Waals surface area contributed by atoms with Crippen molar-refractivity contribution in [3.8, 4) is 11.5 Å². The molecule has 3 unspecified atom stereocenters. The SMILES string of the molecule is COc1cc2c(cc1O)CCN1CCC3=CC(O)C(OC)CC321. The van der Waals surface area contributed by atoms with E-state index in [1.807, 2.05) is 18.2 Å². The molecule has 0 bridgehead atoms. The van der Waals surface area contributed by atoms with Crippen LogP contribution in [0.25, 0.3) is 0 Å². The van der Waals surface area contributed by atoms with E-state index in [-0.39, 0.29) is 17.4 Å². The van der Waals surface area contributed by atoms with Crippen molar-refractivity contribution < 1.29 is 19.7 Å². The highest BCUT2D eigenvalue weighted by molar-refractivity contribution is 5.55. The van der Waals surface area contributed by atoms with Crippen LogP contribution in [0.2, 0.25) is 0 Å². The largest absolute Gasteiger partial charge is 0.504 e. The first kappa shape index (κ1) is 15.0. The first-order chi connectivity index (χ1) is 11.1. The summed E-state index contributed by atoms with van der Waals surface area (Å²) < 4.78 is 10.9. The van der Waals surface area contributed by atoms with E-state index >= 15 is 0 Å². The van der Waals surface area contributed by atoms with Gasteiger partial charge < -0.3 is 19.7 Å². The predicted molar refractivity (Wildman–Crippen MR) is 85.7 cm³/mol. The minimum Gasteiger partial charge on any atom is -0.504 e. The van der Waals surface area contributed by atoms with Crippen LogP contribution in [-0.2, 0) is 16.7 Å². The van der Waals surface area contributed by atoms with Crippen molar-refractivity contribution in [1.29, 1.82) is 0 Å². The maximum Gasteiger partial charge on any atom is 0.160 e. The van der Waals surface area contributed by atoms with Crippen LogP contribution in [0.1, 0.15) is 24.0 Å². The highest BCUT2D eigenvalue weighted by Crippen LogP contribution is 2.54. The summed E-state index contributed by atoms with van der Waals surface area (Å²) in [5, 5.41) is 20.4. The molecule has 2 heterocycles. The summed E-state index contributed by atoms with van der Waals surface area (Å²) >= 11 is 0. The van der Waals surface area contributed by atoms with E-state index in [2.05, 4.69) is 4.90 Å². The van der Waals surface area contributed by atoms with Crippen LogP contribution in [0.4, 0.5) is 0 Å². The van der Waals surface area contributed by atoms with Gasteiger partial charge >= 0.3 is 0 Å². The monoisotopic (exact) mass is 317 g/mol. The lowest BCUT2D eigenvalue weighted by Crippen LogP contribution is -2.52. The number of ether oxygens (including phenoxy) is 2. The van der Waals surface area contributed by atoms with Crippen molar-refractivity contribution in [2.45, 2.75) is 37.0 Å². The van der Waals surface area contributed by atoms with Gasteiger partial charge in [0.05, 0.1) is 24.9 Å². The predicted octanol–water partition coefficient (Wildman–Crippen LogP) is 1.56. The molecule has 0 amide bonds. The summed E-state index contributed by atoms with van der Waals surface area (Å²) in [6.07, 6.45) is 3.83. The molecule has 1 aromatic carbocycles. The number of benzene rings is 1. The molecule has 2 N–H and O–H groups in total. The van der Waals surface area contributed by atoms with Crippen LogP contribution in [0.15, 0.2) is 23.8 Å². The molecule has 0 radical (unpaired) electrons. The standard InChI is InChI=1S/C18H23NO4/c1-22-16-9-13-11(7-14(16)20)3-5-19-6-4-12-8-15(21)17(23-2)10-18(12,13)19/h7-9,15,17,20-21H,3-6,10H2,1-2H3. The average molecular weight is 317 g/mol. The third-order valence-corrected chi connectivity index (χ3v) is 5.78. The number of nitrogens with zero attached hydrogens (tertiary/aromatic N) is 1. The minimum absolute atomic E-state index is 0.193. The lowest BCUT2D eigenvalue weighted by atomic mass is 9.70. The molecule has 1 aromatic rings. The number of aromatic hydroxyl groups is 1. The van der Waals surface area contributed by atoms with Gasteiger partial charge in [0, 0.05) is 26.6 Å². The third-order valence-electron chi connectivity index (χ3n) is 5.78. The first-order valence-corrected chi connectivity index (χ1v) is 8.17. The van der Waals surface area contributed by atoms with Gasteiger partial charge in [0.2, 0.25) is 0 Å². The van der Waals surface area contributed by atoms with E-state index in [0.29, 0.717) is 5.75 Å². The Morgan fingerprint density at radius 3 is 2.74 bits per heavy atom. The Morgan fingerprint density at radius 2 is 2.00 bits per heavy atom. The van der Waals surface area contributed by atoms with E-state index in [4.69, 9.17) is 9.47 Å². The van der Waals surface area contributed by atoms with E-state index in [0.717, 1.165) is 32.4 Å². The number of hydrogen-bond donors (Lipinski definition) is 2. The van der Waals surface area contributed by atoms with E-state index in [9.17, 15) is 10.2 Å². The number of hydrogen-bond acceptors (Lipinski definition) is 5. The minimum atomic E-state index is -0.551. The molecular weight excluding hydrogens is 294 g/mol. The Kier molecular flexibility index (Phi) is 3.41. The number of methoxy groups -OCH3 is 2. The van der Waals surface area contributed by atoms with E-state index < -0.39 is 6.10 Å². The summed E-state index contributed by atoms with van der Waals surface area (Å²) in [6, 6.07) is 3.81. The Hall–Kier alpha value is -1.56. The van der Waals surface area contributed by atoms with Crippen LogP contribution < -0.4 is 4.74 Å². The van der Waals surface area contributed by atoms with Gasteiger partial charge in [-0.2, -0.15) is 0 Å². The van der Waals surface area contributed by atoms with Crippen LogP contribution in [-0.4, -0.2) is 54.6 Å². The van der Waals surface area contributed by atoms with Gasteiger partial charge in [0.15, 0.2) is 11.5 Å². The summed E-state index contributed by atoms with van der Waals surface area (Å²) in [6.45, 7) is 1.96. The molecule has 1 spiro atoms. The van der Waals surface area contributed by atoms with Crippen LogP contribution in [0.3, 0.4) is 0 Å². The number of phenolic OH excluding ortho intramolecular Hbond substituents is 1. The Bertz CT molecular complexity index is 671. The van der Waals surface area contributed by atoms with Gasteiger partial charge in [0.1, 0.15) is 0 Å². The Morgan fingerprint density at radius 1 is 1.22 bits per heavy atom. The Labute approximate surface area is 136 Å². The second-order valence-electron chi connectivity index (χ2n) is 6.69. The number of phenols is 1. The van der Waals surface area contributed by atoms with E-state index in [1.165, 1.54) is 16.7 Å². The van der Waals surface area contributed by atoms with Gasteiger partial charge in [-0.1, -0.05) is 6.08 Å². The van der Waals surface area contributed by atoms with Crippen molar-refractivity contribution in [2.75, 3.05) is 27.3 Å². The number of aliphatic hydroxyl groups is 1. The molecule has 2 aliphatic heterocycles. The fraction of sp³-hybridized carbons (Fsp3) is 0.556. The first-order valence-electron chi connectivity index (χ1n) is 8.17. The zero-order valence-electron chi connectivity index (χ0n) is 13.6. The molecule has 23 heavy (non-hydrogen) atoms. The molecule has 3 atom stereocenters. The summed E-state index contributed by atoms with van der Waals surface area (Å²) in [5.74, 6) is 0.699. The number of aliphatic hydroxyl groups excluding tert-OH is 1. The molecule has 124 valence electrons.